The first-order chi connectivity index (χ1) is 9.29. The number of halogens is 1. The van der Waals surface area contributed by atoms with Crippen molar-refractivity contribution in [2.24, 2.45) is 0 Å². The quantitative estimate of drug-likeness (QED) is 0.426. The van der Waals surface area contributed by atoms with Gasteiger partial charge in [0.05, 0.1) is 6.61 Å². The number of unbranched alkanes of at least 4 members (excludes halogenated alkanes) is 1. The Morgan fingerprint density at radius 2 is 2.11 bits per heavy atom. The molecule has 1 aromatic rings. The average molecular weight is 339 g/mol. The van der Waals surface area contributed by atoms with Crippen LogP contribution in [0.3, 0.4) is 0 Å². The lowest BCUT2D eigenvalue weighted by Gasteiger charge is -2.30. The van der Waals surface area contributed by atoms with Crippen molar-refractivity contribution in [3.8, 4) is 0 Å². The first kappa shape index (κ1) is 15.0. The number of rotatable bonds is 6. The van der Waals surface area contributed by atoms with E-state index in [4.69, 9.17) is 4.43 Å². The highest BCUT2D eigenvalue weighted by molar-refractivity contribution is 9.10. The number of allylic oxidation sites excluding steroid dienone is 1. The smallest absolute Gasteiger partial charge is 0.238 e. The molecule has 104 valence electrons. The number of alkyl halides is 1. The molecule has 1 aliphatic heterocycles. The zero-order chi connectivity index (χ0) is 13.6. The van der Waals surface area contributed by atoms with Crippen molar-refractivity contribution in [2.45, 2.75) is 43.1 Å². The Bertz CT molecular complexity index is 406. The molecule has 0 radical (unpaired) electrons. The van der Waals surface area contributed by atoms with Gasteiger partial charge in [-0.05, 0) is 24.1 Å². The van der Waals surface area contributed by atoms with E-state index in [1.165, 1.54) is 30.5 Å². The summed E-state index contributed by atoms with van der Waals surface area (Å²) in [6.07, 6.45) is 9.33. The maximum Gasteiger partial charge on any atom is 0.238 e. The molecule has 1 saturated heterocycles. The fourth-order valence-electron chi connectivity index (χ4n) is 2.77. The topological polar surface area (TPSA) is 9.23 Å². The van der Waals surface area contributed by atoms with Crippen LogP contribution in [0.2, 0.25) is 6.04 Å². The van der Waals surface area contributed by atoms with Gasteiger partial charge in [0, 0.05) is 4.45 Å². The van der Waals surface area contributed by atoms with Gasteiger partial charge in [0.1, 0.15) is 0 Å². The predicted molar refractivity (Wildman–Crippen MR) is 88.6 cm³/mol. The van der Waals surface area contributed by atoms with Crippen LogP contribution in [0.1, 0.15) is 32.6 Å². The van der Waals surface area contributed by atoms with Gasteiger partial charge in [-0.1, -0.05) is 78.2 Å². The molecule has 0 aromatic heterocycles. The van der Waals surface area contributed by atoms with E-state index in [9.17, 15) is 0 Å². The summed E-state index contributed by atoms with van der Waals surface area (Å²) in [7, 11) is -1.81. The molecule has 2 unspecified atom stereocenters. The Morgan fingerprint density at radius 1 is 1.32 bits per heavy atom. The lowest BCUT2D eigenvalue weighted by Crippen LogP contribution is -2.55. The van der Waals surface area contributed by atoms with Gasteiger partial charge in [-0.2, -0.15) is 0 Å². The van der Waals surface area contributed by atoms with Crippen molar-refractivity contribution in [2.75, 3.05) is 6.61 Å². The van der Waals surface area contributed by atoms with Crippen LogP contribution < -0.4 is 5.19 Å². The molecule has 1 fully saturated rings. The predicted octanol–water partition coefficient (Wildman–Crippen LogP) is 4.31. The molecule has 0 saturated carbocycles. The van der Waals surface area contributed by atoms with E-state index in [1.807, 2.05) is 0 Å². The maximum absolute atomic E-state index is 6.44. The summed E-state index contributed by atoms with van der Waals surface area (Å²) in [6, 6.07) is 12.1. The standard InChI is InChI=1S/C16H23BrOSi/c1-2-3-4-8-13-18-19(14-9-12-16(19)17)15-10-6-5-7-11-15/h4-8,10-11,16H,2-3,9,12-14H2,1H3/b8-4+. The van der Waals surface area contributed by atoms with Crippen molar-refractivity contribution in [1.29, 1.82) is 0 Å². The number of benzene rings is 1. The molecule has 0 amide bonds. The first-order valence-electron chi connectivity index (χ1n) is 7.28. The monoisotopic (exact) mass is 338 g/mol. The molecule has 0 aliphatic carbocycles. The molecule has 0 bridgehead atoms. The Labute approximate surface area is 126 Å². The van der Waals surface area contributed by atoms with Crippen molar-refractivity contribution in [3.63, 3.8) is 0 Å². The molecule has 1 heterocycles. The van der Waals surface area contributed by atoms with Crippen molar-refractivity contribution in [1.82, 2.24) is 0 Å². The summed E-state index contributed by atoms with van der Waals surface area (Å²) in [6.45, 7) is 2.97. The van der Waals surface area contributed by atoms with Crippen LogP contribution in [0.25, 0.3) is 0 Å². The molecule has 2 atom stereocenters. The molecule has 3 heteroatoms. The van der Waals surface area contributed by atoms with Gasteiger partial charge in [0.15, 0.2) is 0 Å². The van der Waals surface area contributed by atoms with E-state index < -0.39 is 8.32 Å². The zero-order valence-corrected chi connectivity index (χ0v) is 14.2. The lowest BCUT2D eigenvalue weighted by molar-refractivity contribution is 0.355. The van der Waals surface area contributed by atoms with E-state index in [2.05, 4.69) is 65.3 Å². The van der Waals surface area contributed by atoms with Crippen molar-refractivity contribution < 1.29 is 4.43 Å². The van der Waals surface area contributed by atoms with Crippen LogP contribution in [0.5, 0.6) is 0 Å². The third-order valence-corrected chi connectivity index (χ3v) is 10.9. The highest BCUT2D eigenvalue weighted by atomic mass is 79.9. The second-order valence-electron chi connectivity index (χ2n) is 5.19. The molecular weight excluding hydrogens is 316 g/mol. The third kappa shape index (κ3) is 3.59. The Morgan fingerprint density at radius 3 is 2.74 bits per heavy atom. The fourth-order valence-corrected chi connectivity index (χ4v) is 8.98. The fraction of sp³-hybridized carbons (Fsp3) is 0.500. The van der Waals surface area contributed by atoms with Crippen LogP contribution in [0.15, 0.2) is 42.5 Å². The van der Waals surface area contributed by atoms with Crippen molar-refractivity contribution >= 4 is 29.4 Å². The molecule has 19 heavy (non-hydrogen) atoms. The summed E-state index contributed by atoms with van der Waals surface area (Å²) >= 11 is 3.89. The SMILES string of the molecule is CCC/C=C/CO[Si]1(c2ccccc2)CCCC1Br. The highest BCUT2D eigenvalue weighted by Gasteiger charge is 2.47. The minimum atomic E-state index is -1.81. The van der Waals surface area contributed by atoms with Gasteiger partial charge < -0.3 is 4.43 Å². The largest absolute Gasteiger partial charge is 0.408 e. The summed E-state index contributed by atoms with van der Waals surface area (Å²) in [4.78, 5) is 0. The van der Waals surface area contributed by atoms with Gasteiger partial charge in [0.2, 0.25) is 8.32 Å². The summed E-state index contributed by atoms with van der Waals surface area (Å²) in [5.41, 5.74) is 0. The van der Waals surface area contributed by atoms with Crippen LogP contribution in [0.4, 0.5) is 0 Å². The number of hydrogen-bond acceptors (Lipinski definition) is 1. The molecule has 1 aromatic carbocycles. The Balaban J connectivity index is 2.08. The van der Waals surface area contributed by atoms with E-state index in [-0.39, 0.29) is 0 Å². The number of hydrogen-bond donors (Lipinski definition) is 0. The minimum absolute atomic E-state index is 0.557. The van der Waals surface area contributed by atoms with Crippen LogP contribution in [-0.2, 0) is 4.43 Å². The Hall–Kier alpha value is -0.383. The van der Waals surface area contributed by atoms with Gasteiger partial charge >= 0.3 is 0 Å². The Kier molecular flexibility index (Phi) is 5.86. The molecule has 1 nitrogen and oxygen atoms in total. The summed E-state index contributed by atoms with van der Waals surface area (Å²) in [5.74, 6) is 0. The summed E-state index contributed by atoms with van der Waals surface area (Å²) < 4.78 is 7.00. The second-order valence-corrected chi connectivity index (χ2v) is 11.0. The maximum atomic E-state index is 6.44. The van der Waals surface area contributed by atoms with Gasteiger partial charge in [-0.15, -0.1) is 0 Å². The van der Waals surface area contributed by atoms with Gasteiger partial charge in [-0.3, -0.25) is 0 Å². The zero-order valence-electron chi connectivity index (χ0n) is 11.6. The van der Waals surface area contributed by atoms with E-state index >= 15 is 0 Å². The third-order valence-electron chi connectivity index (χ3n) is 3.83. The van der Waals surface area contributed by atoms with Gasteiger partial charge in [0.25, 0.3) is 0 Å². The second kappa shape index (κ2) is 7.41. The van der Waals surface area contributed by atoms with E-state index in [0.29, 0.717) is 4.45 Å². The molecule has 2 rings (SSSR count). The first-order valence-corrected chi connectivity index (χ1v) is 10.4. The van der Waals surface area contributed by atoms with Crippen molar-refractivity contribution in [3.05, 3.63) is 42.5 Å². The lowest BCUT2D eigenvalue weighted by atomic mass is 10.3. The van der Waals surface area contributed by atoms with Crippen LogP contribution in [-0.4, -0.2) is 19.4 Å². The van der Waals surface area contributed by atoms with Crippen LogP contribution in [0, 0.1) is 0 Å². The van der Waals surface area contributed by atoms with E-state index in [0.717, 1.165) is 13.0 Å². The minimum Gasteiger partial charge on any atom is -0.408 e. The molecule has 0 spiro atoms. The van der Waals surface area contributed by atoms with Crippen LogP contribution >= 0.6 is 15.9 Å². The average Bonchev–Trinajstić information content (AvgIpc) is 2.82. The molecule has 1 aliphatic rings. The summed E-state index contributed by atoms with van der Waals surface area (Å²) in [5, 5.41) is 1.44. The molecule has 0 N–H and O–H groups in total. The van der Waals surface area contributed by atoms with Gasteiger partial charge in [-0.25, -0.2) is 0 Å². The normalized spacial score (nSPS) is 27.2. The molecular formula is C16H23BrOSi. The van der Waals surface area contributed by atoms with E-state index in [1.54, 1.807) is 0 Å². The highest BCUT2D eigenvalue weighted by Crippen LogP contribution is 2.35.